The van der Waals surface area contributed by atoms with Gasteiger partial charge in [-0.25, -0.2) is 0 Å². The molecule has 0 aliphatic heterocycles. The Balaban J connectivity index is 2.60. The van der Waals surface area contributed by atoms with Crippen molar-refractivity contribution in [2.45, 2.75) is 26.2 Å². The lowest BCUT2D eigenvalue weighted by molar-refractivity contribution is -0.149. The van der Waals surface area contributed by atoms with Crippen molar-refractivity contribution >= 4 is 5.91 Å². The van der Waals surface area contributed by atoms with Gasteiger partial charge in [0.15, 0.2) is 0 Å². The predicted molar refractivity (Wildman–Crippen MR) is 46.7 cm³/mol. The third-order valence-electron chi connectivity index (χ3n) is 2.89. The van der Waals surface area contributed by atoms with Crippen molar-refractivity contribution in [1.29, 1.82) is 0 Å². The molecule has 0 radical (unpaired) electrons. The number of aliphatic hydroxyl groups is 1. The lowest BCUT2D eigenvalue weighted by Gasteiger charge is -2.40. The van der Waals surface area contributed by atoms with E-state index in [0.29, 0.717) is 0 Å². The fourth-order valence-electron chi connectivity index (χ4n) is 1.59. The fraction of sp³-hybridized carbons (Fsp3) is 0.889. The van der Waals surface area contributed by atoms with E-state index in [4.69, 9.17) is 5.11 Å². The van der Waals surface area contributed by atoms with E-state index in [2.05, 4.69) is 0 Å². The van der Waals surface area contributed by atoms with Gasteiger partial charge in [-0.05, 0) is 19.8 Å². The molecule has 1 amide bonds. The number of hydrogen-bond acceptors (Lipinski definition) is 2. The summed E-state index contributed by atoms with van der Waals surface area (Å²) in [6.07, 6.45) is 2.78. The van der Waals surface area contributed by atoms with Gasteiger partial charge in [0.1, 0.15) is 0 Å². The highest BCUT2D eigenvalue weighted by molar-refractivity contribution is 5.83. The second-order valence-electron chi connectivity index (χ2n) is 3.61. The van der Waals surface area contributed by atoms with Crippen molar-refractivity contribution in [3.8, 4) is 0 Å². The first-order valence-corrected chi connectivity index (χ1v) is 4.53. The molecule has 1 fully saturated rings. The first-order chi connectivity index (χ1) is 5.66. The molecule has 1 N–H and O–H groups in total. The molecule has 1 aliphatic rings. The van der Waals surface area contributed by atoms with Gasteiger partial charge >= 0.3 is 0 Å². The van der Waals surface area contributed by atoms with Gasteiger partial charge in [-0.15, -0.1) is 0 Å². The third-order valence-corrected chi connectivity index (χ3v) is 2.89. The van der Waals surface area contributed by atoms with Gasteiger partial charge in [0.05, 0.1) is 12.0 Å². The van der Waals surface area contributed by atoms with Crippen LogP contribution >= 0.6 is 0 Å². The zero-order chi connectivity index (χ0) is 9.19. The summed E-state index contributed by atoms with van der Waals surface area (Å²) in [6, 6.07) is 0. The van der Waals surface area contributed by atoms with Gasteiger partial charge in [0.2, 0.25) is 5.91 Å². The van der Waals surface area contributed by atoms with Crippen LogP contribution in [0.1, 0.15) is 26.2 Å². The largest absolute Gasteiger partial charge is 0.395 e. The number of rotatable bonds is 3. The maximum atomic E-state index is 11.7. The molecule has 0 heterocycles. The number of aliphatic hydroxyl groups excluding tert-OH is 1. The Kier molecular flexibility index (Phi) is 2.73. The summed E-state index contributed by atoms with van der Waals surface area (Å²) in [4.78, 5) is 13.4. The first-order valence-electron chi connectivity index (χ1n) is 4.53. The van der Waals surface area contributed by atoms with Crippen LogP contribution < -0.4 is 0 Å². The summed E-state index contributed by atoms with van der Waals surface area (Å²) < 4.78 is 0. The normalized spacial score (nSPS) is 19.9. The van der Waals surface area contributed by atoms with Crippen LogP contribution in [0.4, 0.5) is 0 Å². The van der Waals surface area contributed by atoms with E-state index >= 15 is 0 Å². The molecule has 0 aromatic rings. The minimum absolute atomic E-state index is 0.0101. The summed E-state index contributed by atoms with van der Waals surface area (Å²) in [5.41, 5.74) is -0.412. The molecule has 0 saturated heterocycles. The monoisotopic (exact) mass is 171 g/mol. The Morgan fingerprint density at radius 2 is 2.17 bits per heavy atom. The molecule has 1 saturated carbocycles. The van der Waals surface area contributed by atoms with Crippen molar-refractivity contribution in [1.82, 2.24) is 4.90 Å². The highest BCUT2D eigenvalue weighted by Gasteiger charge is 2.44. The van der Waals surface area contributed by atoms with Gasteiger partial charge < -0.3 is 10.0 Å². The van der Waals surface area contributed by atoms with Gasteiger partial charge in [0, 0.05) is 13.6 Å². The zero-order valence-corrected chi connectivity index (χ0v) is 7.84. The molecule has 1 aliphatic carbocycles. The van der Waals surface area contributed by atoms with Gasteiger partial charge in [0.25, 0.3) is 0 Å². The van der Waals surface area contributed by atoms with Crippen molar-refractivity contribution in [3.05, 3.63) is 0 Å². The molecule has 3 heteroatoms. The number of hydrogen-bond donors (Lipinski definition) is 1. The molecule has 0 unspecified atom stereocenters. The van der Waals surface area contributed by atoms with Crippen LogP contribution in [0.5, 0.6) is 0 Å². The molecule has 0 atom stereocenters. The number of amides is 1. The Bertz CT molecular complexity index is 170. The smallest absolute Gasteiger partial charge is 0.230 e. The van der Waals surface area contributed by atoms with Gasteiger partial charge in [-0.1, -0.05) is 6.42 Å². The van der Waals surface area contributed by atoms with Crippen molar-refractivity contribution in [2.24, 2.45) is 5.41 Å². The van der Waals surface area contributed by atoms with Crippen LogP contribution in [0.15, 0.2) is 0 Å². The Morgan fingerprint density at radius 3 is 2.42 bits per heavy atom. The molecule has 1 rings (SSSR count). The van der Waals surface area contributed by atoms with Crippen LogP contribution in [0.3, 0.4) is 0 Å². The van der Waals surface area contributed by atoms with Gasteiger partial charge in [-0.2, -0.15) is 0 Å². The minimum Gasteiger partial charge on any atom is -0.395 e. The Hall–Kier alpha value is -0.570. The standard InChI is InChI=1S/C9H17NO2/c1-3-10(2)8(12)9(7-11)5-4-6-9/h11H,3-7H2,1-2H3. The van der Waals surface area contributed by atoms with E-state index in [9.17, 15) is 4.79 Å². The lowest BCUT2D eigenvalue weighted by atomic mass is 9.68. The van der Waals surface area contributed by atoms with Crippen LogP contribution in [-0.4, -0.2) is 36.1 Å². The van der Waals surface area contributed by atoms with Crippen LogP contribution in [0, 0.1) is 5.41 Å². The van der Waals surface area contributed by atoms with E-state index < -0.39 is 5.41 Å². The third kappa shape index (κ3) is 1.33. The summed E-state index contributed by atoms with van der Waals surface area (Å²) in [5.74, 6) is 0.110. The number of carbonyl (C=O) groups is 1. The molecule has 70 valence electrons. The van der Waals surface area contributed by atoms with E-state index in [-0.39, 0.29) is 12.5 Å². The molecular formula is C9H17NO2. The van der Waals surface area contributed by atoms with Crippen molar-refractivity contribution in [2.75, 3.05) is 20.2 Å². The van der Waals surface area contributed by atoms with Crippen molar-refractivity contribution in [3.63, 3.8) is 0 Å². The molecular weight excluding hydrogens is 154 g/mol. The maximum absolute atomic E-state index is 11.7. The molecule has 12 heavy (non-hydrogen) atoms. The van der Waals surface area contributed by atoms with E-state index in [1.54, 1.807) is 11.9 Å². The number of nitrogens with zero attached hydrogens (tertiary/aromatic N) is 1. The quantitative estimate of drug-likeness (QED) is 0.676. The SMILES string of the molecule is CCN(C)C(=O)C1(CO)CCC1. The minimum atomic E-state index is -0.412. The Labute approximate surface area is 73.4 Å². The van der Waals surface area contributed by atoms with E-state index in [1.807, 2.05) is 6.92 Å². The highest BCUT2D eigenvalue weighted by Crippen LogP contribution is 2.41. The average Bonchev–Trinajstić information content (AvgIpc) is 2.02. The highest BCUT2D eigenvalue weighted by atomic mass is 16.3. The van der Waals surface area contributed by atoms with Crippen LogP contribution in [-0.2, 0) is 4.79 Å². The Morgan fingerprint density at radius 1 is 1.58 bits per heavy atom. The fourth-order valence-corrected chi connectivity index (χ4v) is 1.59. The van der Waals surface area contributed by atoms with E-state index in [0.717, 1.165) is 25.8 Å². The van der Waals surface area contributed by atoms with Crippen molar-refractivity contribution < 1.29 is 9.90 Å². The second kappa shape index (κ2) is 3.44. The first kappa shape index (κ1) is 9.52. The molecule has 0 spiro atoms. The summed E-state index contributed by atoms with van der Waals surface area (Å²) in [5, 5.41) is 9.10. The summed E-state index contributed by atoms with van der Waals surface area (Å²) >= 11 is 0. The molecule has 0 aromatic carbocycles. The van der Waals surface area contributed by atoms with Crippen LogP contribution in [0.2, 0.25) is 0 Å². The van der Waals surface area contributed by atoms with Crippen LogP contribution in [0.25, 0.3) is 0 Å². The van der Waals surface area contributed by atoms with E-state index in [1.165, 1.54) is 0 Å². The second-order valence-corrected chi connectivity index (χ2v) is 3.61. The summed E-state index contributed by atoms with van der Waals surface area (Å²) in [7, 11) is 1.79. The maximum Gasteiger partial charge on any atom is 0.230 e. The summed E-state index contributed by atoms with van der Waals surface area (Å²) in [6.45, 7) is 2.68. The van der Waals surface area contributed by atoms with Gasteiger partial charge in [-0.3, -0.25) is 4.79 Å². The molecule has 3 nitrogen and oxygen atoms in total. The number of carbonyl (C=O) groups excluding carboxylic acids is 1. The molecule has 0 aromatic heterocycles. The predicted octanol–water partition coefficient (Wildman–Crippen LogP) is 0.627. The zero-order valence-electron chi connectivity index (χ0n) is 7.84. The molecule has 0 bridgehead atoms. The average molecular weight is 171 g/mol. The lowest BCUT2D eigenvalue weighted by Crippen LogP contribution is -2.48. The topological polar surface area (TPSA) is 40.5 Å².